The first kappa shape index (κ1) is 18.1. The van der Waals surface area contributed by atoms with Gasteiger partial charge in [0.2, 0.25) is 5.13 Å². The zero-order chi connectivity index (χ0) is 19.5. The molecule has 6 nitrogen and oxygen atoms in total. The van der Waals surface area contributed by atoms with Crippen molar-refractivity contribution in [1.29, 1.82) is 0 Å². The molecule has 0 spiro atoms. The lowest BCUT2D eigenvalue weighted by Gasteiger charge is -2.02. The Morgan fingerprint density at radius 3 is 2.50 bits per heavy atom. The molecule has 2 heterocycles. The second kappa shape index (κ2) is 7.74. The van der Waals surface area contributed by atoms with E-state index in [-0.39, 0.29) is 5.91 Å². The molecule has 0 aliphatic rings. The van der Waals surface area contributed by atoms with Crippen LogP contribution in [-0.4, -0.2) is 25.9 Å². The van der Waals surface area contributed by atoms with Gasteiger partial charge < -0.3 is 0 Å². The van der Waals surface area contributed by atoms with Gasteiger partial charge in [0, 0.05) is 11.8 Å². The zero-order valence-electron chi connectivity index (χ0n) is 15.6. The molecule has 0 atom stereocenters. The Morgan fingerprint density at radius 2 is 1.82 bits per heavy atom. The minimum absolute atomic E-state index is 0.254. The van der Waals surface area contributed by atoms with Gasteiger partial charge in [0.05, 0.1) is 11.3 Å². The molecular weight excluding hydrogens is 370 g/mol. The summed E-state index contributed by atoms with van der Waals surface area (Å²) < 4.78 is 1.73. The van der Waals surface area contributed by atoms with Crippen molar-refractivity contribution in [2.24, 2.45) is 0 Å². The average Bonchev–Trinajstić information content (AvgIpc) is 3.36. The van der Waals surface area contributed by atoms with Crippen LogP contribution >= 0.6 is 11.3 Å². The zero-order valence-corrected chi connectivity index (χ0v) is 16.4. The maximum absolute atomic E-state index is 13.0. The number of hydrogen-bond acceptors (Lipinski definition) is 5. The molecule has 0 aliphatic heterocycles. The van der Waals surface area contributed by atoms with E-state index in [1.165, 1.54) is 16.9 Å². The van der Waals surface area contributed by atoms with Gasteiger partial charge in [0.25, 0.3) is 5.91 Å². The Bertz CT molecular complexity index is 1100. The van der Waals surface area contributed by atoms with Crippen LogP contribution in [0.1, 0.15) is 27.9 Å². The number of carbonyl (C=O) groups is 1. The van der Waals surface area contributed by atoms with E-state index in [0.717, 1.165) is 22.7 Å². The molecule has 0 aliphatic carbocycles. The standard InChI is InChI=1S/C21H19N5OS/c1-3-18-23-24-21(28-18)22-20(27)17-13-26(16-11-9-14(2)10-12-16)25-19(17)15-7-5-4-6-8-15/h4-13H,3H2,1-2H3,(H,22,24,27). The largest absolute Gasteiger partial charge is 0.296 e. The summed E-state index contributed by atoms with van der Waals surface area (Å²) >= 11 is 1.38. The van der Waals surface area contributed by atoms with Crippen molar-refractivity contribution in [3.05, 3.63) is 76.9 Å². The number of amides is 1. The molecule has 140 valence electrons. The molecule has 1 N–H and O–H groups in total. The fourth-order valence-corrected chi connectivity index (χ4v) is 3.47. The maximum Gasteiger partial charge on any atom is 0.261 e. The normalized spacial score (nSPS) is 10.8. The number of aryl methyl sites for hydroxylation is 2. The van der Waals surface area contributed by atoms with Crippen LogP contribution in [0.2, 0.25) is 0 Å². The predicted molar refractivity (Wildman–Crippen MR) is 111 cm³/mol. The molecule has 28 heavy (non-hydrogen) atoms. The number of rotatable bonds is 5. The summed E-state index contributed by atoms with van der Waals surface area (Å²) in [6, 6.07) is 17.7. The van der Waals surface area contributed by atoms with Crippen LogP contribution in [0.3, 0.4) is 0 Å². The van der Waals surface area contributed by atoms with Crippen molar-refractivity contribution < 1.29 is 4.79 Å². The first-order valence-electron chi connectivity index (χ1n) is 9.00. The number of nitrogens with zero attached hydrogens (tertiary/aromatic N) is 4. The third-order valence-electron chi connectivity index (χ3n) is 4.29. The number of anilines is 1. The lowest BCUT2D eigenvalue weighted by atomic mass is 10.1. The van der Waals surface area contributed by atoms with E-state index in [2.05, 4.69) is 20.6 Å². The van der Waals surface area contributed by atoms with E-state index in [4.69, 9.17) is 0 Å². The van der Waals surface area contributed by atoms with Gasteiger partial charge >= 0.3 is 0 Å². The van der Waals surface area contributed by atoms with Crippen molar-refractivity contribution in [3.8, 4) is 16.9 Å². The van der Waals surface area contributed by atoms with Gasteiger partial charge in [-0.05, 0) is 25.5 Å². The SMILES string of the molecule is CCc1nnc(NC(=O)c2cn(-c3ccc(C)cc3)nc2-c2ccccc2)s1. The highest BCUT2D eigenvalue weighted by Gasteiger charge is 2.20. The van der Waals surface area contributed by atoms with Gasteiger partial charge in [-0.25, -0.2) is 4.68 Å². The van der Waals surface area contributed by atoms with E-state index in [0.29, 0.717) is 16.4 Å². The van der Waals surface area contributed by atoms with Crippen LogP contribution in [0.25, 0.3) is 16.9 Å². The van der Waals surface area contributed by atoms with Crippen molar-refractivity contribution in [1.82, 2.24) is 20.0 Å². The molecule has 0 bridgehead atoms. The predicted octanol–water partition coefficient (Wildman–Crippen LogP) is 4.51. The van der Waals surface area contributed by atoms with E-state index in [1.54, 1.807) is 10.9 Å². The molecule has 2 aromatic heterocycles. The molecule has 0 unspecified atom stereocenters. The molecular formula is C21H19N5OS. The quantitative estimate of drug-likeness (QED) is 0.545. The summed E-state index contributed by atoms with van der Waals surface area (Å²) in [5, 5.41) is 17.0. The number of hydrogen-bond donors (Lipinski definition) is 1. The highest BCUT2D eigenvalue weighted by molar-refractivity contribution is 7.15. The lowest BCUT2D eigenvalue weighted by molar-refractivity contribution is 0.102. The van der Waals surface area contributed by atoms with Crippen LogP contribution in [0, 0.1) is 6.92 Å². The Morgan fingerprint density at radius 1 is 1.07 bits per heavy atom. The first-order valence-corrected chi connectivity index (χ1v) is 9.81. The third-order valence-corrected chi connectivity index (χ3v) is 5.28. The van der Waals surface area contributed by atoms with Gasteiger partial charge in [-0.2, -0.15) is 5.10 Å². The molecule has 4 aromatic rings. The highest BCUT2D eigenvalue weighted by Crippen LogP contribution is 2.25. The first-order chi connectivity index (χ1) is 13.6. The summed E-state index contributed by atoms with van der Waals surface area (Å²) in [5.74, 6) is -0.254. The second-order valence-corrected chi connectivity index (χ2v) is 7.41. The maximum atomic E-state index is 13.0. The van der Waals surface area contributed by atoms with Crippen molar-refractivity contribution in [2.75, 3.05) is 5.32 Å². The summed E-state index contributed by atoms with van der Waals surface area (Å²) in [6.45, 7) is 4.04. The van der Waals surface area contributed by atoms with E-state index in [1.807, 2.05) is 68.4 Å². The average molecular weight is 389 g/mol. The van der Waals surface area contributed by atoms with Crippen LogP contribution < -0.4 is 5.32 Å². The Kier molecular flexibility index (Phi) is 4.99. The minimum atomic E-state index is -0.254. The molecule has 4 rings (SSSR count). The topological polar surface area (TPSA) is 72.7 Å². The highest BCUT2D eigenvalue weighted by atomic mass is 32.1. The van der Waals surface area contributed by atoms with Crippen LogP contribution in [-0.2, 0) is 6.42 Å². The molecule has 0 saturated heterocycles. The van der Waals surface area contributed by atoms with E-state index in [9.17, 15) is 4.79 Å². The summed E-state index contributed by atoms with van der Waals surface area (Å²) in [4.78, 5) is 13.0. The van der Waals surface area contributed by atoms with Crippen molar-refractivity contribution in [3.63, 3.8) is 0 Å². The van der Waals surface area contributed by atoms with Crippen molar-refractivity contribution in [2.45, 2.75) is 20.3 Å². The van der Waals surface area contributed by atoms with Crippen molar-refractivity contribution >= 4 is 22.4 Å². The molecule has 7 heteroatoms. The smallest absolute Gasteiger partial charge is 0.261 e. The lowest BCUT2D eigenvalue weighted by Crippen LogP contribution is -2.12. The Labute approximate surface area is 166 Å². The molecule has 0 saturated carbocycles. The molecule has 0 fully saturated rings. The summed E-state index contributed by atoms with van der Waals surface area (Å²) in [7, 11) is 0. The van der Waals surface area contributed by atoms with Gasteiger partial charge in [-0.15, -0.1) is 10.2 Å². The van der Waals surface area contributed by atoms with Crippen LogP contribution in [0.15, 0.2) is 60.8 Å². The molecule has 0 radical (unpaired) electrons. The van der Waals surface area contributed by atoms with Gasteiger partial charge in [0.1, 0.15) is 10.7 Å². The second-order valence-electron chi connectivity index (χ2n) is 6.35. The van der Waals surface area contributed by atoms with E-state index < -0.39 is 0 Å². The van der Waals surface area contributed by atoms with Gasteiger partial charge in [0.15, 0.2) is 0 Å². The minimum Gasteiger partial charge on any atom is -0.296 e. The van der Waals surface area contributed by atoms with E-state index >= 15 is 0 Å². The molecule has 1 amide bonds. The monoisotopic (exact) mass is 389 g/mol. The number of aromatic nitrogens is 4. The third kappa shape index (κ3) is 3.70. The van der Waals surface area contributed by atoms with Crippen LogP contribution in [0.4, 0.5) is 5.13 Å². The fraction of sp³-hybridized carbons (Fsp3) is 0.143. The molecule has 2 aromatic carbocycles. The number of benzene rings is 2. The fourth-order valence-electron chi connectivity index (χ4n) is 2.79. The van der Waals surface area contributed by atoms with Gasteiger partial charge in [-0.1, -0.05) is 66.3 Å². The Hall–Kier alpha value is -3.32. The Balaban J connectivity index is 1.73. The van der Waals surface area contributed by atoms with Gasteiger partial charge in [-0.3, -0.25) is 10.1 Å². The summed E-state index contributed by atoms with van der Waals surface area (Å²) in [5.41, 5.74) is 4.05. The number of nitrogens with one attached hydrogen (secondary N) is 1. The number of carbonyl (C=O) groups excluding carboxylic acids is 1. The summed E-state index contributed by atoms with van der Waals surface area (Å²) in [6.07, 6.45) is 2.54. The van der Waals surface area contributed by atoms with Crippen LogP contribution in [0.5, 0.6) is 0 Å².